The number of rotatable bonds is 3. The fraction of sp³-hybridized carbons (Fsp3) is 0.118. The van der Waals surface area contributed by atoms with Gasteiger partial charge in [-0.15, -0.1) is 10.2 Å². The topological polar surface area (TPSA) is 66.9 Å². The number of hydrogen-bond donors (Lipinski definition) is 1. The number of fused-ring (bicyclic) bond motifs is 1. The van der Waals surface area contributed by atoms with Crippen molar-refractivity contribution in [1.29, 1.82) is 0 Å². The highest BCUT2D eigenvalue weighted by molar-refractivity contribution is 5.95. The van der Waals surface area contributed by atoms with E-state index in [1.54, 1.807) is 4.57 Å². The lowest BCUT2D eigenvalue weighted by molar-refractivity contribution is -0.116. The number of hydrogen-bond acceptors (Lipinski definition) is 3. The minimum atomic E-state index is -0.403. The largest absolute Gasteiger partial charge is 0.493 e. The molecule has 0 spiro atoms. The normalized spacial score (nSPS) is 11.3. The maximum absolute atomic E-state index is 11.0. The lowest BCUT2D eigenvalue weighted by Gasteiger charge is -2.06. The molecule has 0 aliphatic heterocycles. The van der Waals surface area contributed by atoms with Gasteiger partial charge in [0.2, 0.25) is 5.88 Å². The third kappa shape index (κ3) is 2.61. The van der Waals surface area contributed by atoms with Crippen molar-refractivity contribution in [1.82, 2.24) is 4.57 Å². The number of nitrogens with zero attached hydrogens (tertiary/aromatic N) is 3. The molecule has 1 N–H and O–H groups in total. The molecule has 0 fully saturated rings. The second-order valence-corrected chi connectivity index (χ2v) is 4.98. The van der Waals surface area contributed by atoms with E-state index in [1.165, 1.54) is 6.92 Å². The smallest absolute Gasteiger partial charge is 0.261 e. The van der Waals surface area contributed by atoms with Gasteiger partial charge in [-0.1, -0.05) is 48.5 Å². The van der Waals surface area contributed by atoms with Crippen LogP contribution in [0.5, 0.6) is 5.88 Å². The van der Waals surface area contributed by atoms with Gasteiger partial charge in [-0.3, -0.25) is 4.79 Å². The second kappa shape index (κ2) is 5.81. The summed E-state index contributed by atoms with van der Waals surface area (Å²) in [5, 5.41) is 18.7. The zero-order chi connectivity index (χ0) is 15.5. The fourth-order valence-electron chi connectivity index (χ4n) is 2.42. The van der Waals surface area contributed by atoms with Crippen LogP contribution in [-0.4, -0.2) is 15.6 Å². The summed E-state index contributed by atoms with van der Waals surface area (Å²) in [7, 11) is 0. The molecule has 3 rings (SSSR count). The van der Waals surface area contributed by atoms with Crippen molar-refractivity contribution in [2.75, 3.05) is 0 Å². The molecular formula is C17H15N3O2. The van der Waals surface area contributed by atoms with E-state index in [9.17, 15) is 9.90 Å². The van der Waals surface area contributed by atoms with Crippen LogP contribution in [-0.2, 0) is 11.3 Å². The third-order valence-corrected chi connectivity index (χ3v) is 3.39. The monoisotopic (exact) mass is 293 g/mol. The Balaban J connectivity index is 2.14. The fourth-order valence-corrected chi connectivity index (χ4v) is 2.42. The molecule has 0 atom stereocenters. The zero-order valence-electron chi connectivity index (χ0n) is 12.1. The quantitative estimate of drug-likeness (QED) is 0.741. The van der Waals surface area contributed by atoms with Gasteiger partial charge in [-0.05, 0) is 11.6 Å². The molecule has 5 heteroatoms. The van der Waals surface area contributed by atoms with E-state index in [-0.39, 0.29) is 5.88 Å². The van der Waals surface area contributed by atoms with Crippen molar-refractivity contribution in [2.24, 2.45) is 10.2 Å². The van der Waals surface area contributed by atoms with Crippen LogP contribution < -0.4 is 0 Å². The minimum Gasteiger partial charge on any atom is -0.493 e. The number of carbonyl (C=O) groups excluding carboxylic acids is 1. The molecule has 1 amide bonds. The number of benzene rings is 2. The molecule has 22 heavy (non-hydrogen) atoms. The van der Waals surface area contributed by atoms with Gasteiger partial charge in [0, 0.05) is 12.3 Å². The highest BCUT2D eigenvalue weighted by atomic mass is 16.3. The minimum absolute atomic E-state index is 0.00931. The maximum Gasteiger partial charge on any atom is 0.261 e. The first-order valence-electron chi connectivity index (χ1n) is 6.93. The van der Waals surface area contributed by atoms with E-state index >= 15 is 0 Å². The lowest BCUT2D eigenvalue weighted by atomic mass is 10.2. The summed E-state index contributed by atoms with van der Waals surface area (Å²) in [6.45, 7) is 1.84. The van der Waals surface area contributed by atoms with Gasteiger partial charge < -0.3 is 9.67 Å². The lowest BCUT2D eigenvalue weighted by Crippen LogP contribution is -1.98. The summed E-state index contributed by atoms with van der Waals surface area (Å²) < 4.78 is 1.76. The standard InChI is InChI=1S/C17H15N3O2/c1-12(21)18-19-16-14-9-5-6-10-15(14)20(17(16)22)11-13-7-3-2-4-8-13/h2-10,22H,11H2,1H3. The Bertz CT molecular complexity index is 851. The molecule has 0 saturated carbocycles. The number of carbonyl (C=O) groups is 1. The van der Waals surface area contributed by atoms with E-state index < -0.39 is 5.91 Å². The Kier molecular flexibility index (Phi) is 3.70. The van der Waals surface area contributed by atoms with Crippen molar-refractivity contribution >= 4 is 22.5 Å². The highest BCUT2D eigenvalue weighted by Crippen LogP contribution is 2.39. The molecule has 0 aliphatic carbocycles. The Hall–Kier alpha value is -2.95. The van der Waals surface area contributed by atoms with E-state index in [2.05, 4.69) is 10.2 Å². The summed E-state index contributed by atoms with van der Waals surface area (Å²) in [4.78, 5) is 11.0. The number of aromatic nitrogens is 1. The SMILES string of the molecule is CC(=O)N=Nc1c(O)n(Cc2ccccc2)c2ccccc12. The number of aromatic hydroxyl groups is 1. The highest BCUT2D eigenvalue weighted by Gasteiger charge is 2.16. The van der Waals surface area contributed by atoms with Crippen molar-refractivity contribution in [3.05, 3.63) is 60.2 Å². The molecule has 1 heterocycles. The first-order chi connectivity index (χ1) is 10.7. The van der Waals surface area contributed by atoms with Crippen molar-refractivity contribution in [3.8, 4) is 5.88 Å². The average Bonchev–Trinajstić information content (AvgIpc) is 2.79. The van der Waals surface area contributed by atoms with E-state index in [0.717, 1.165) is 16.5 Å². The zero-order valence-corrected chi connectivity index (χ0v) is 12.1. The van der Waals surface area contributed by atoms with Gasteiger partial charge in [0.05, 0.1) is 12.1 Å². The maximum atomic E-state index is 11.0. The van der Waals surface area contributed by atoms with Crippen LogP contribution >= 0.6 is 0 Å². The van der Waals surface area contributed by atoms with Gasteiger partial charge in [0.15, 0.2) is 5.69 Å². The Labute approximate surface area is 127 Å². The van der Waals surface area contributed by atoms with Crippen LogP contribution in [0.25, 0.3) is 10.9 Å². The number of amides is 1. The Morgan fingerprint density at radius 2 is 1.77 bits per heavy atom. The van der Waals surface area contributed by atoms with Crippen LogP contribution in [0.3, 0.4) is 0 Å². The van der Waals surface area contributed by atoms with Crippen molar-refractivity contribution < 1.29 is 9.90 Å². The third-order valence-electron chi connectivity index (χ3n) is 3.39. The average molecular weight is 293 g/mol. The van der Waals surface area contributed by atoms with Crippen LogP contribution in [0.1, 0.15) is 12.5 Å². The molecule has 110 valence electrons. The molecule has 5 nitrogen and oxygen atoms in total. The summed E-state index contributed by atoms with van der Waals surface area (Å²) >= 11 is 0. The summed E-state index contributed by atoms with van der Waals surface area (Å²) in [5.74, 6) is -0.394. The van der Waals surface area contributed by atoms with Gasteiger partial charge >= 0.3 is 0 Å². The first kappa shape index (κ1) is 14.0. The molecule has 0 aliphatic rings. The van der Waals surface area contributed by atoms with Crippen LogP contribution in [0.4, 0.5) is 5.69 Å². The van der Waals surface area contributed by atoms with Gasteiger partial charge in [0.1, 0.15) is 0 Å². The number of azo groups is 1. The summed E-state index contributed by atoms with van der Waals surface area (Å²) in [5.41, 5.74) is 2.23. The molecule has 1 aromatic heterocycles. The molecule has 0 bridgehead atoms. The summed E-state index contributed by atoms with van der Waals surface area (Å²) in [6, 6.07) is 17.4. The van der Waals surface area contributed by atoms with Crippen LogP contribution in [0, 0.1) is 0 Å². The Morgan fingerprint density at radius 3 is 2.50 bits per heavy atom. The molecule has 0 unspecified atom stereocenters. The Morgan fingerprint density at radius 1 is 1.09 bits per heavy atom. The van der Waals surface area contributed by atoms with Crippen LogP contribution in [0.15, 0.2) is 64.8 Å². The first-order valence-corrected chi connectivity index (χ1v) is 6.93. The predicted octanol–water partition coefficient (Wildman–Crippen LogP) is 4.03. The predicted molar refractivity (Wildman–Crippen MR) is 84.3 cm³/mol. The van der Waals surface area contributed by atoms with Gasteiger partial charge in [-0.25, -0.2) is 0 Å². The summed E-state index contributed by atoms with van der Waals surface area (Å²) in [6.07, 6.45) is 0. The van der Waals surface area contributed by atoms with Gasteiger partial charge in [0.25, 0.3) is 5.91 Å². The molecule has 0 radical (unpaired) electrons. The molecule has 2 aromatic carbocycles. The van der Waals surface area contributed by atoms with Gasteiger partial charge in [-0.2, -0.15) is 0 Å². The van der Waals surface area contributed by atoms with Crippen LogP contribution in [0.2, 0.25) is 0 Å². The van der Waals surface area contributed by atoms with Crippen molar-refractivity contribution in [3.63, 3.8) is 0 Å². The van der Waals surface area contributed by atoms with E-state index in [1.807, 2.05) is 54.6 Å². The second-order valence-electron chi connectivity index (χ2n) is 4.98. The van der Waals surface area contributed by atoms with Crippen molar-refractivity contribution in [2.45, 2.75) is 13.5 Å². The van der Waals surface area contributed by atoms with E-state index in [0.29, 0.717) is 12.2 Å². The molecular weight excluding hydrogens is 278 g/mol. The molecule has 3 aromatic rings. The molecule has 0 saturated heterocycles. The number of para-hydroxylation sites is 1. The van der Waals surface area contributed by atoms with E-state index in [4.69, 9.17) is 0 Å².